The number of cyclic esters (lactones) is 1. The summed E-state index contributed by atoms with van der Waals surface area (Å²) in [5.41, 5.74) is 0.679. The van der Waals surface area contributed by atoms with Crippen LogP contribution >= 0.6 is 0 Å². The largest absolute Gasteiger partial charge is 0.439 e. The minimum Gasteiger partial charge on any atom is -0.439 e. The summed E-state index contributed by atoms with van der Waals surface area (Å²) in [5, 5.41) is 2.50. The number of nitrogens with one attached hydrogen (secondary N) is 1. The maximum Gasteiger partial charge on any atom is 0.407 e. The first kappa shape index (κ1) is 8.04. The molecule has 1 aromatic rings. The van der Waals surface area contributed by atoms with Crippen molar-refractivity contribution in [2.45, 2.75) is 6.10 Å². The second-order valence-electron chi connectivity index (χ2n) is 2.83. The Morgan fingerprint density at radius 3 is 3.00 bits per heavy atom. The Kier molecular flexibility index (Phi) is 1.88. The van der Waals surface area contributed by atoms with Crippen molar-refractivity contribution in [1.29, 1.82) is 0 Å². The molecule has 0 bridgehead atoms. The molecule has 0 spiro atoms. The summed E-state index contributed by atoms with van der Waals surface area (Å²) in [6.07, 6.45) is -0.808. The molecule has 4 heteroatoms. The lowest BCUT2D eigenvalue weighted by Gasteiger charge is -2.06. The molecule has 1 amide bonds. The highest BCUT2D eigenvalue weighted by Crippen LogP contribution is 2.20. The van der Waals surface area contributed by atoms with Crippen LogP contribution < -0.4 is 5.32 Å². The molecule has 0 aromatic heterocycles. The van der Waals surface area contributed by atoms with E-state index >= 15 is 0 Å². The highest BCUT2D eigenvalue weighted by molar-refractivity contribution is 5.69. The molecule has 1 unspecified atom stereocenters. The second kappa shape index (κ2) is 3.05. The quantitative estimate of drug-likeness (QED) is 0.714. The zero-order chi connectivity index (χ0) is 9.26. The van der Waals surface area contributed by atoms with Crippen LogP contribution in [0.25, 0.3) is 0 Å². The molecular weight excluding hydrogens is 173 g/mol. The van der Waals surface area contributed by atoms with Crippen LogP contribution in [0.2, 0.25) is 0 Å². The van der Waals surface area contributed by atoms with Gasteiger partial charge < -0.3 is 10.1 Å². The van der Waals surface area contributed by atoms with Crippen LogP contribution in [0.4, 0.5) is 9.18 Å². The Morgan fingerprint density at radius 1 is 1.54 bits per heavy atom. The van der Waals surface area contributed by atoms with Crippen molar-refractivity contribution in [2.75, 3.05) is 6.54 Å². The van der Waals surface area contributed by atoms with Gasteiger partial charge >= 0.3 is 6.09 Å². The fraction of sp³-hybridized carbons (Fsp3) is 0.222. The third-order valence-electron chi connectivity index (χ3n) is 1.90. The number of halogens is 1. The SMILES string of the molecule is O=C1NCC(c2cccc(F)c2)O1. The summed E-state index contributed by atoms with van der Waals surface area (Å²) in [5.74, 6) is -0.319. The summed E-state index contributed by atoms with van der Waals surface area (Å²) in [6, 6.07) is 6.05. The van der Waals surface area contributed by atoms with Crippen LogP contribution in [-0.4, -0.2) is 12.6 Å². The molecule has 1 N–H and O–H groups in total. The van der Waals surface area contributed by atoms with Crippen molar-refractivity contribution in [2.24, 2.45) is 0 Å². The maximum atomic E-state index is 12.8. The molecular formula is C9H8FNO2. The van der Waals surface area contributed by atoms with Gasteiger partial charge in [-0.3, -0.25) is 0 Å². The van der Waals surface area contributed by atoms with Gasteiger partial charge in [0.15, 0.2) is 0 Å². The smallest absolute Gasteiger partial charge is 0.407 e. The number of carbonyl (C=O) groups excluding carboxylic acids is 1. The van der Waals surface area contributed by atoms with Crippen LogP contribution in [0, 0.1) is 5.82 Å². The predicted molar refractivity (Wildman–Crippen MR) is 43.6 cm³/mol. The maximum absolute atomic E-state index is 12.8. The summed E-state index contributed by atoms with van der Waals surface area (Å²) >= 11 is 0. The number of carbonyl (C=O) groups is 1. The van der Waals surface area contributed by atoms with E-state index in [0.29, 0.717) is 12.1 Å². The Labute approximate surface area is 74.5 Å². The van der Waals surface area contributed by atoms with Crippen molar-refractivity contribution in [3.63, 3.8) is 0 Å². The van der Waals surface area contributed by atoms with Gasteiger partial charge in [0, 0.05) is 0 Å². The van der Waals surface area contributed by atoms with E-state index in [1.165, 1.54) is 12.1 Å². The number of rotatable bonds is 1. The number of amides is 1. The average molecular weight is 181 g/mol. The fourth-order valence-electron chi connectivity index (χ4n) is 1.28. The molecule has 1 aliphatic heterocycles. The minimum absolute atomic E-state index is 0.319. The van der Waals surface area contributed by atoms with Gasteiger partial charge in [0.25, 0.3) is 0 Å². The van der Waals surface area contributed by atoms with Crippen molar-refractivity contribution in [3.05, 3.63) is 35.6 Å². The molecule has 1 atom stereocenters. The Balaban J connectivity index is 2.21. The molecule has 13 heavy (non-hydrogen) atoms. The van der Waals surface area contributed by atoms with Crippen LogP contribution in [0.1, 0.15) is 11.7 Å². The van der Waals surface area contributed by atoms with E-state index in [1.54, 1.807) is 12.1 Å². The van der Waals surface area contributed by atoms with Gasteiger partial charge in [-0.15, -0.1) is 0 Å². The molecule has 68 valence electrons. The van der Waals surface area contributed by atoms with Gasteiger partial charge in [-0.2, -0.15) is 0 Å². The van der Waals surface area contributed by atoms with Gasteiger partial charge in [-0.05, 0) is 17.7 Å². The second-order valence-corrected chi connectivity index (χ2v) is 2.83. The van der Waals surface area contributed by atoms with E-state index < -0.39 is 6.09 Å². The summed E-state index contributed by atoms with van der Waals surface area (Å²) in [4.78, 5) is 10.7. The standard InChI is InChI=1S/C9H8FNO2/c10-7-3-1-2-6(4-7)8-5-11-9(12)13-8/h1-4,8H,5H2,(H,11,12). The van der Waals surface area contributed by atoms with E-state index in [2.05, 4.69) is 5.32 Å². The van der Waals surface area contributed by atoms with E-state index in [4.69, 9.17) is 4.74 Å². The third-order valence-corrected chi connectivity index (χ3v) is 1.90. The molecule has 1 aliphatic rings. The van der Waals surface area contributed by atoms with Crippen molar-refractivity contribution >= 4 is 6.09 Å². The third kappa shape index (κ3) is 1.61. The summed E-state index contributed by atoms with van der Waals surface area (Å²) < 4.78 is 17.6. The number of benzene rings is 1. The van der Waals surface area contributed by atoms with Gasteiger partial charge in [0.1, 0.15) is 11.9 Å². The first-order chi connectivity index (χ1) is 6.25. The number of hydrogen-bond donors (Lipinski definition) is 1. The van der Waals surface area contributed by atoms with Crippen LogP contribution in [0.15, 0.2) is 24.3 Å². The van der Waals surface area contributed by atoms with Gasteiger partial charge in [-0.1, -0.05) is 12.1 Å². The zero-order valence-corrected chi connectivity index (χ0v) is 6.79. The normalized spacial score (nSPS) is 21.0. The van der Waals surface area contributed by atoms with Crippen LogP contribution in [0.5, 0.6) is 0 Å². The summed E-state index contributed by atoms with van der Waals surface area (Å²) in [7, 11) is 0. The first-order valence-electron chi connectivity index (χ1n) is 3.95. The Hall–Kier alpha value is -1.58. The predicted octanol–water partition coefficient (Wildman–Crippen LogP) is 1.61. The average Bonchev–Trinajstić information content (AvgIpc) is 2.52. The van der Waals surface area contributed by atoms with E-state index in [-0.39, 0.29) is 11.9 Å². The Bertz CT molecular complexity index is 340. The molecule has 0 aliphatic carbocycles. The first-order valence-corrected chi connectivity index (χ1v) is 3.95. The number of hydrogen-bond acceptors (Lipinski definition) is 2. The molecule has 1 saturated heterocycles. The lowest BCUT2D eigenvalue weighted by molar-refractivity contribution is 0.141. The van der Waals surface area contributed by atoms with Crippen LogP contribution in [0.3, 0.4) is 0 Å². The minimum atomic E-state index is -0.450. The summed E-state index contributed by atoms with van der Waals surface area (Å²) in [6.45, 7) is 0.405. The molecule has 0 saturated carbocycles. The zero-order valence-electron chi connectivity index (χ0n) is 6.79. The molecule has 2 rings (SSSR count). The van der Waals surface area contributed by atoms with Crippen molar-refractivity contribution < 1.29 is 13.9 Å². The highest BCUT2D eigenvalue weighted by Gasteiger charge is 2.23. The van der Waals surface area contributed by atoms with E-state index in [0.717, 1.165) is 0 Å². The van der Waals surface area contributed by atoms with E-state index in [9.17, 15) is 9.18 Å². The number of ether oxygens (including phenoxy) is 1. The monoisotopic (exact) mass is 181 g/mol. The van der Waals surface area contributed by atoms with Gasteiger partial charge in [-0.25, -0.2) is 9.18 Å². The molecule has 0 radical (unpaired) electrons. The van der Waals surface area contributed by atoms with Crippen molar-refractivity contribution in [1.82, 2.24) is 5.32 Å². The molecule has 3 nitrogen and oxygen atoms in total. The van der Waals surface area contributed by atoms with Crippen LogP contribution in [-0.2, 0) is 4.74 Å². The lowest BCUT2D eigenvalue weighted by Crippen LogP contribution is -2.12. The topological polar surface area (TPSA) is 38.3 Å². The molecule has 1 fully saturated rings. The van der Waals surface area contributed by atoms with Gasteiger partial charge in [0.2, 0.25) is 0 Å². The van der Waals surface area contributed by atoms with Gasteiger partial charge in [0.05, 0.1) is 6.54 Å². The highest BCUT2D eigenvalue weighted by atomic mass is 19.1. The van der Waals surface area contributed by atoms with Crippen molar-refractivity contribution in [3.8, 4) is 0 Å². The number of alkyl carbamates (subject to hydrolysis) is 1. The Morgan fingerprint density at radius 2 is 2.38 bits per heavy atom. The molecule has 1 heterocycles. The fourth-order valence-corrected chi connectivity index (χ4v) is 1.28. The lowest BCUT2D eigenvalue weighted by atomic mass is 10.1. The van der Waals surface area contributed by atoms with E-state index in [1.807, 2.05) is 0 Å². The molecule has 1 aromatic carbocycles.